The minimum Gasteiger partial charge on any atom is -0.309 e. The molecule has 0 radical (unpaired) electrons. The lowest BCUT2D eigenvalue weighted by Gasteiger charge is -2.38. The van der Waals surface area contributed by atoms with Crippen molar-refractivity contribution in [2.24, 2.45) is 5.92 Å². The van der Waals surface area contributed by atoms with Crippen LogP contribution in [0.25, 0.3) is 0 Å². The first-order valence-corrected chi connectivity index (χ1v) is 7.16. The number of rotatable bonds is 4. The van der Waals surface area contributed by atoms with Crippen LogP contribution in [-0.2, 0) is 6.54 Å². The van der Waals surface area contributed by atoms with Crippen LogP contribution in [0.3, 0.4) is 0 Å². The van der Waals surface area contributed by atoms with Gasteiger partial charge in [-0.2, -0.15) is 0 Å². The molecule has 0 saturated carbocycles. The third-order valence-electron chi connectivity index (χ3n) is 3.54. The Balaban J connectivity index is 1.92. The van der Waals surface area contributed by atoms with Crippen molar-refractivity contribution in [3.8, 4) is 0 Å². The van der Waals surface area contributed by atoms with Gasteiger partial charge in [-0.15, -0.1) is 0 Å². The monoisotopic (exact) mass is 246 g/mol. The molecule has 18 heavy (non-hydrogen) atoms. The molecule has 2 heteroatoms. The number of hydrogen-bond donors (Lipinski definition) is 1. The summed E-state index contributed by atoms with van der Waals surface area (Å²) < 4.78 is 0. The molecule has 1 aromatic carbocycles. The predicted octanol–water partition coefficient (Wildman–Crippen LogP) is 2.90. The van der Waals surface area contributed by atoms with Gasteiger partial charge in [0.2, 0.25) is 0 Å². The molecule has 2 atom stereocenters. The van der Waals surface area contributed by atoms with Gasteiger partial charge in [-0.05, 0) is 24.8 Å². The van der Waals surface area contributed by atoms with Gasteiger partial charge in [0.1, 0.15) is 0 Å². The van der Waals surface area contributed by atoms with E-state index in [4.69, 9.17) is 0 Å². The topological polar surface area (TPSA) is 15.3 Å². The summed E-state index contributed by atoms with van der Waals surface area (Å²) in [5.41, 5.74) is 1.43. The zero-order valence-corrected chi connectivity index (χ0v) is 11.9. The summed E-state index contributed by atoms with van der Waals surface area (Å²) in [5.74, 6) is 0.770. The minimum absolute atomic E-state index is 0.603. The van der Waals surface area contributed by atoms with Crippen LogP contribution in [0.15, 0.2) is 30.3 Å². The normalized spacial score (nSPS) is 25.6. The summed E-state index contributed by atoms with van der Waals surface area (Å²) >= 11 is 0. The van der Waals surface area contributed by atoms with Gasteiger partial charge >= 0.3 is 0 Å². The fourth-order valence-electron chi connectivity index (χ4n) is 2.96. The van der Waals surface area contributed by atoms with Gasteiger partial charge < -0.3 is 5.32 Å². The number of benzene rings is 1. The number of piperazine rings is 1. The van der Waals surface area contributed by atoms with Crippen molar-refractivity contribution in [1.29, 1.82) is 0 Å². The summed E-state index contributed by atoms with van der Waals surface area (Å²) in [5, 5.41) is 3.72. The van der Waals surface area contributed by atoms with Crippen molar-refractivity contribution in [3.05, 3.63) is 35.9 Å². The molecule has 1 aliphatic rings. The molecular formula is C16H26N2. The van der Waals surface area contributed by atoms with Crippen molar-refractivity contribution in [1.82, 2.24) is 10.2 Å². The van der Waals surface area contributed by atoms with E-state index >= 15 is 0 Å². The Morgan fingerprint density at radius 2 is 1.94 bits per heavy atom. The van der Waals surface area contributed by atoms with E-state index in [1.165, 1.54) is 18.5 Å². The van der Waals surface area contributed by atoms with Gasteiger partial charge in [0, 0.05) is 31.7 Å². The summed E-state index contributed by atoms with van der Waals surface area (Å²) in [6.45, 7) is 10.3. The van der Waals surface area contributed by atoms with Crippen LogP contribution >= 0.6 is 0 Å². The lowest BCUT2D eigenvalue weighted by atomic mass is 9.99. The Kier molecular flexibility index (Phi) is 4.79. The molecule has 1 N–H and O–H groups in total. The van der Waals surface area contributed by atoms with Gasteiger partial charge in [-0.1, -0.05) is 44.2 Å². The van der Waals surface area contributed by atoms with Gasteiger partial charge in [0.25, 0.3) is 0 Å². The molecule has 0 amide bonds. The van der Waals surface area contributed by atoms with E-state index < -0.39 is 0 Å². The van der Waals surface area contributed by atoms with Gasteiger partial charge in [0.05, 0.1) is 0 Å². The van der Waals surface area contributed by atoms with E-state index in [-0.39, 0.29) is 0 Å². The van der Waals surface area contributed by atoms with Crippen molar-refractivity contribution in [2.75, 3.05) is 13.1 Å². The predicted molar refractivity (Wildman–Crippen MR) is 77.6 cm³/mol. The highest BCUT2D eigenvalue weighted by Crippen LogP contribution is 2.14. The molecule has 0 spiro atoms. The van der Waals surface area contributed by atoms with E-state index in [0.717, 1.165) is 19.0 Å². The maximum atomic E-state index is 3.72. The third kappa shape index (κ3) is 4.11. The highest BCUT2D eigenvalue weighted by Gasteiger charge is 2.24. The quantitative estimate of drug-likeness (QED) is 0.879. The molecule has 0 bridgehead atoms. The number of nitrogens with one attached hydrogen (secondary N) is 1. The number of hydrogen-bond acceptors (Lipinski definition) is 2. The molecule has 100 valence electrons. The first-order chi connectivity index (χ1) is 8.63. The largest absolute Gasteiger partial charge is 0.309 e. The van der Waals surface area contributed by atoms with Crippen molar-refractivity contribution in [3.63, 3.8) is 0 Å². The highest BCUT2D eigenvalue weighted by molar-refractivity contribution is 5.14. The molecule has 2 nitrogen and oxygen atoms in total. The fourth-order valence-corrected chi connectivity index (χ4v) is 2.96. The Morgan fingerprint density at radius 1 is 1.22 bits per heavy atom. The molecule has 1 heterocycles. The maximum Gasteiger partial charge on any atom is 0.0235 e. The van der Waals surface area contributed by atoms with E-state index in [2.05, 4.69) is 61.3 Å². The van der Waals surface area contributed by atoms with Crippen LogP contribution in [0, 0.1) is 5.92 Å². The van der Waals surface area contributed by atoms with Crippen molar-refractivity contribution in [2.45, 2.75) is 45.8 Å². The summed E-state index contributed by atoms with van der Waals surface area (Å²) in [6.07, 6.45) is 1.27. The van der Waals surface area contributed by atoms with Gasteiger partial charge in [-0.25, -0.2) is 0 Å². The Hall–Kier alpha value is -0.860. The minimum atomic E-state index is 0.603. The van der Waals surface area contributed by atoms with Crippen LogP contribution in [0.1, 0.15) is 32.8 Å². The van der Waals surface area contributed by atoms with E-state index in [1.807, 2.05) is 0 Å². The van der Waals surface area contributed by atoms with Crippen LogP contribution in [0.2, 0.25) is 0 Å². The maximum absolute atomic E-state index is 3.72. The van der Waals surface area contributed by atoms with Crippen LogP contribution in [-0.4, -0.2) is 30.1 Å². The highest BCUT2D eigenvalue weighted by atomic mass is 15.2. The zero-order valence-electron chi connectivity index (χ0n) is 11.9. The van der Waals surface area contributed by atoms with Crippen LogP contribution in [0.5, 0.6) is 0 Å². The summed E-state index contributed by atoms with van der Waals surface area (Å²) in [6, 6.07) is 12.1. The number of nitrogens with zero attached hydrogens (tertiary/aromatic N) is 1. The van der Waals surface area contributed by atoms with Crippen LogP contribution < -0.4 is 5.32 Å². The van der Waals surface area contributed by atoms with Crippen molar-refractivity contribution >= 4 is 0 Å². The molecule has 1 saturated heterocycles. The molecule has 1 aromatic rings. The fraction of sp³-hybridized carbons (Fsp3) is 0.625. The average Bonchev–Trinajstić information content (AvgIpc) is 2.28. The molecule has 1 aliphatic heterocycles. The average molecular weight is 246 g/mol. The third-order valence-corrected chi connectivity index (χ3v) is 3.54. The summed E-state index contributed by atoms with van der Waals surface area (Å²) in [4.78, 5) is 2.59. The van der Waals surface area contributed by atoms with Gasteiger partial charge in [0.15, 0.2) is 0 Å². The molecule has 0 aliphatic carbocycles. The SMILES string of the molecule is CC(C)CC1CN(Cc2ccccc2)C[C@@H](C)N1. The second-order valence-corrected chi connectivity index (χ2v) is 6.07. The van der Waals surface area contributed by atoms with Crippen molar-refractivity contribution < 1.29 is 0 Å². The van der Waals surface area contributed by atoms with E-state index in [0.29, 0.717) is 12.1 Å². The zero-order chi connectivity index (χ0) is 13.0. The molecule has 1 fully saturated rings. The van der Waals surface area contributed by atoms with E-state index in [9.17, 15) is 0 Å². The molecule has 2 rings (SSSR count). The standard InChI is InChI=1S/C16H26N2/c1-13(2)9-16-12-18(10-14(3)17-16)11-15-7-5-4-6-8-15/h4-8,13-14,16-17H,9-12H2,1-3H3/t14-,16?/m1/s1. The molecule has 0 aromatic heterocycles. The molecule has 1 unspecified atom stereocenters. The van der Waals surface area contributed by atoms with E-state index in [1.54, 1.807) is 0 Å². The second kappa shape index (κ2) is 6.35. The lowest BCUT2D eigenvalue weighted by Crippen LogP contribution is -2.55. The van der Waals surface area contributed by atoms with Crippen LogP contribution in [0.4, 0.5) is 0 Å². The first kappa shape index (κ1) is 13.6. The Labute approximate surface area is 111 Å². The summed E-state index contributed by atoms with van der Waals surface area (Å²) in [7, 11) is 0. The second-order valence-electron chi connectivity index (χ2n) is 6.07. The first-order valence-electron chi connectivity index (χ1n) is 7.16. The Bertz CT molecular complexity index is 345. The van der Waals surface area contributed by atoms with Gasteiger partial charge in [-0.3, -0.25) is 4.90 Å². The molecular weight excluding hydrogens is 220 g/mol. The Morgan fingerprint density at radius 3 is 2.61 bits per heavy atom. The lowest BCUT2D eigenvalue weighted by molar-refractivity contribution is 0.148. The smallest absolute Gasteiger partial charge is 0.0235 e.